The van der Waals surface area contributed by atoms with Gasteiger partial charge in [0.1, 0.15) is 15.5 Å². The summed E-state index contributed by atoms with van der Waals surface area (Å²) in [6.45, 7) is 0. The van der Waals surface area contributed by atoms with Gasteiger partial charge in [-0.05, 0) is 84.9 Å². The zero-order chi connectivity index (χ0) is 27.3. The Kier molecular flexibility index (Phi) is 8.12. The van der Waals surface area contributed by atoms with E-state index in [0.29, 0.717) is 15.7 Å². The fraction of sp³-hybridized carbons (Fsp3) is 0. The summed E-state index contributed by atoms with van der Waals surface area (Å²) in [7, 11) is -8.27. The van der Waals surface area contributed by atoms with Crippen LogP contribution in [0.15, 0.2) is 107 Å². The Labute approximate surface area is 229 Å². The number of nitrogens with one attached hydrogen (secondary N) is 2. The minimum atomic E-state index is -4.19. The van der Waals surface area contributed by atoms with E-state index >= 15 is 0 Å². The summed E-state index contributed by atoms with van der Waals surface area (Å²) in [6, 6.07) is 21.8. The summed E-state index contributed by atoms with van der Waals surface area (Å²) in [6.07, 6.45) is 0. The van der Waals surface area contributed by atoms with Gasteiger partial charge in [-0.3, -0.25) is 0 Å². The van der Waals surface area contributed by atoms with Crippen LogP contribution in [0.25, 0.3) is 0 Å². The van der Waals surface area contributed by atoms with Gasteiger partial charge in [-0.2, -0.15) is 16.8 Å². The summed E-state index contributed by atoms with van der Waals surface area (Å²) < 4.78 is 60.4. The largest absolute Gasteiger partial charge is 0.379 e. The molecule has 9 nitrogen and oxygen atoms in total. The van der Waals surface area contributed by atoms with Gasteiger partial charge in [0.2, 0.25) is 0 Å². The number of carbonyl (C=O) groups is 1. The number of hydrogen-bond donors (Lipinski definition) is 2. The van der Waals surface area contributed by atoms with Crippen molar-refractivity contribution in [2.24, 2.45) is 0 Å². The fourth-order valence-corrected chi connectivity index (χ4v) is 5.19. The maximum absolute atomic E-state index is 12.6. The van der Waals surface area contributed by atoms with Gasteiger partial charge >= 0.3 is 26.3 Å². The smallest absolute Gasteiger partial charge is 0.339 e. The van der Waals surface area contributed by atoms with E-state index in [9.17, 15) is 21.6 Å². The summed E-state index contributed by atoms with van der Waals surface area (Å²) in [5, 5.41) is 5.83. The maximum atomic E-state index is 12.6. The molecule has 4 aromatic rings. The molecule has 0 fully saturated rings. The van der Waals surface area contributed by atoms with Crippen LogP contribution in [0.3, 0.4) is 0 Å². The van der Waals surface area contributed by atoms with Gasteiger partial charge in [0.15, 0.2) is 5.75 Å². The number of para-hydroxylation sites is 2. The van der Waals surface area contributed by atoms with Crippen molar-refractivity contribution in [2.45, 2.75) is 9.79 Å². The van der Waals surface area contributed by atoms with Crippen molar-refractivity contribution < 1.29 is 30.0 Å². The van der Waals surface area contributed by atoms with E-state index in [2.05, 4.69) is 10.6 Å². The molecular weight excluding hydrogens is 575 g/mol. The minimum absolute atomic E-state index is 0.0251. The number of halogens is 2. The first-order valence-electron chi connectivity index (χ1n) is 10.7. The zero-order valence-electron chi connectivity index (χ0n) is 19.2. The Bertz CT molecular complexity index is 1660. The van der Waals surface area contributed by atoms with Crippen LogP contribution in [0.2, 0.25) is 10.0 Å². The van der Waals surface area contributed by atoms with Crippen molar-refractivity contribution in [2.75, 3.05) is 10.6 Å². The molecule has 13 heteroatoms. The third-order valence-electron chi connectivity index (χ3n) is 4.86. The molecule has 0 saturated carbocycles. The first kappa shape index (κ1) is 27.3. The highest BCUT2D eigenvalue weighted by atomic mass is 35.5. The summed E-state index contributed by atoms with van der Waals surface area (Å²) in [5.74, 6) is -0.0780. The lowest BCUT2D eigenvalue weighted by molar-refractivity contribution is 0.262. The predicted octanol–water partition coefficient (Wildman–Crippen LogP) is 6.17. The predicted molar refractivity (Wildman–Crippen MR) is 144 cm³/mol. The van der Waals surface area contributed by atoms with E-state index in [4.69, 9.17) is 31.6 Å². The third-order valence-corrected chi connectivity index (χ3v) is 7.87. The number of anilines is 2. The molecule has 0 heterocycles. The second-order valence-electron chi connectivity index (χ2n) is 7.58. The summed E-state index contributed by atoms with van der Waals surface area (Å²) in [5.41, 5.74) is 0.405. The standard InChI is InChI=1S/C25H18Cl2N2O7S2/c26-17-5-13-21(14-6-17)37(31,32)35-20-11-9-19(10-12-20)28-25(30)29-23-3-1-2-4-24(23)36-38(33,34)22-15-7-18(27)8-16-22/h1-16H,(H2,28,29,30). The van der Waals surface area contributed by atoms with Crippen LogP contribution < -0.4 is 19.0 Å². The molecule has 4 aromatic carbocycles. The molecule has 0 spiro atoms. The Balaban J connectivity index is 1.41. The monoisotopic (exact) mass is 592 g/mol. The van der Waals surface area contributed by atoms with E-state index in [1.807, 2.05) is 0 Å². The molecule has 0 aliphatic carbocycles. The Morgan fingerprint density at radius 3 is 1.66 bits per heavy atom. The molecule has 0 aliphatic heterocycles. The number of urea groups is 1. The lowest BCUT2D eigenvalue weighted by atomic mass is 10.3. The highest BCUT2D eigenvalue weighted by Crippen LogP contribution is 2.28. The highest BCUT2D eigenvalue weighted by molar-refractivity contribution is 7.87. The van der Waals surface area contributed by atoms with Crippen molar-refractivity contribution >= 4 is 60.8 Å². The van der Waals surface area contributed by atoms with Crippen LogP contribution in [-0.2, 0) is 20.2 Å². The van der Waals surface area contributed by atoms with E-state index < -0.39 is 26.3 Å². The van der Waals surface area contributed by atoms with Gasteiger partial charge in [0.25, 0.3) is 0 Å². The van der Waals surface area contributed by atoms with Crippen LogP contribution in [0.1, 0.15) is 0 Å². The van der Waals surface area contributed by atoms with Crippen molar-refractivity contribution in [3.8, 4) is 11.5 Å². The van der Waals surface area contributed by atoms with E-state index in [0.717, 1.165) is 0 Å². The van der Waals surface area contributed by atoms with Gasteiger partial charge in [-0.1, -0.05) is 35.3 Å². The summed E-state index contributed by atoms with van der Waals surface area (Å²) >= 11 is 11.6. The van der Waals surface area contributed by atoms with Gasteiger partial charge < -0.3 is 19.0 Å². The molecule has 0 saturated heterocycles. The van der Waals surface area contributed by atoms with E-state index in [-0.39, 0.29) is 27.0 Å². The first-order chi connectivity index (χ1) is 18.0. The number of rotatable bonds is 8. The Hall–Kier alpha value is -3.77. The Morgan fingerprint density at radius 2 is 1.11 bits per heavy atom. The molecule has 0 atom stereocenters. The average Bonchev–Trinajstić information content (AvgIpc) is 2.87. The topological polar surface area (TPSA) is 128 Å². The average molecular weight is 593 g/mol. The van der Waals surface area contributed by atoms with Gasteiger partial charge in [-0.25, -0.2) is 4.79 Å². The van der Waals surface area contributed by atoms with Crippen LogP contribution in [0, 0.1) is 0 Å². The molecular formula is C25H18Cl2N2O7S2. The van der Waals surface area contributed by atoms with Gasteiger partial charge in [0, 0.05) is 15.7 Å². The van der Waals surface area contributed by atoms with E-state index in [1.165, 1.54) is 84.9 Å². The van der Waals surface area contributed by atoms with Crippen molar-refractivity contribution in [1.82, 2.24) is 0 Å². The second kappa shape index (κ2) is 11.3. The van der Waals surface area contributed by atoms with Crippen LogP contribution in [-0.4, -0.2) is 22.9 Å². The SMILES string of the molecule is O=C(Nc1ccc(OS(=O)(=O)c2ccc(Cl)cc2)cc1)Nc1ccccc1OS(=O)(=O)c1ccc(Cl)cc1. The molecule has 0 aromatic heterocycles. The quantitative estimate of drug-likeness (QED) is 0.234. The number of carbonyl (C=O) groups excluding carboxylic acids is 1. The van der Waals surface area contributed by atoms with Crippen molar-refractivity contribution in [1.29, 1.82) is 0 Å². The fourth-order valence-electron chi connectivity index (χ4n) is 3.06. The molecule has 0 aliphatic rings. The van der Waals surface area contributed by atoms with Crippen LogP contribution in [0.5, 0.6) is 11.5 Å². The van der Waals surface area contributed by atoms with Crippen LogP contribution >= 0.6 is 23.2 Å². The van der Waals surface area contributed by atoms with Crippen molar-refractivity contribution in [3.63, 3.8) is 0 Å². The van der Waals surface area contributed by atoms with E-state index in [1.54, 1.807) is 12.1 Å². The molecule has 2 N–H and O–H groups in total. The highest BCUT2D eigenvalue weighted by Gasteiger charge is 2.20. The first-order valence-corrected chi connectivity index (χ1v) is 14.3. The van der Waals surface area contributed by atoms with Gasteiger partial charge in [-0.15, -0.1) is 0 Å². The molecule has 2 amide bonds. The molecule has 4 rings (SSSR count). The molecule has 196 valence electrons. The van der Waals surface area contributed by atoms with Gasteiger partial charge in [0.05, 0.1) is 5.69 Å². The number of hydrogen-bond acceptors (Lipinski definition) is 7. The molecule has 0 unspecified atom stereocenters. The molecule has 38 heavy (non-hydrogen) atoms. The minimum Gasteiger partial charge on any atom is -0.379 e. The van der Waals surface area contributed by atoms with Crippen LogP contribution in [0.4, 0.5) is 16.2 Å². The lowest BCUT2D eigenvalue weighted by Crippen LogP contribution is -2.20. The number of benzene rings is 4. The lowest BCUT2D eigenvalue weighted by Gasteiger charge is -2.13. The maximum Gasteiger partial charge on any atom is 0.339 e. The molecule has 0 radical (unpaired) electrons. The normalized spacial score (nSPS) is 11.4. The summed E-state index contributed by atoms with van der Waals surface area (Å²) in [4.78, 5) is 12.4. The molecule has 0 bridgehead atoms. The number of amides is 2. The van der Waals surface area contributed by atoms with Crippen molar-refractivity contribution in [3.05, 3.63) is 107 Å². The second-order valence-corrected chi connectivity index (χ2v) is 11.5. The Morgan fingerprint density at radius 1 is 0.605 bits per heavy atom. The third kappa shape index (κ3) is 6.95. The zero-order valence-corrected chi connectivity index (χ0v) is 22.3.